The Labute approximate surface area is 167 Å². The molecule has 0 unspecified atom stereocenters. The van der Waals surface area contributed by atoms with Gasteiger partial charge in [0.05, 0.1) is 17.6 Å². The first-order valence-corrected chi connectivity index (χ1v) is 10.2. The van der Waals surface area contributed by atoms with Gasteiger partial charge in [-0.2, -0.15) is 0 Å². The van der Waals surface area contributed by atoms with Crippen LogP contribution in [-0.2, 0) is 6.42 Å². The summed E-state index contributed by atoms with van der Waals surface area (Å²) in [6.07, 6.45) is 2.12. The topological polar surface area (TPSA) is 28.1 Å². The van der Waals surface area contributed by atoms with E-state index in [-0.39, 0.29) is 0 Å². The van der Waals surface area contributed by atoms with Crippen LogP contribution in [0.15, 0.2) is 24.3 Å². The fourth-order valence-corrected chi connectivity index (χ4v) is 4.23. The number of nitrogens with zero attached hydrogens (tertiary/aromatic N) is 5. The van der Waals surface area contributed by atoms with Crippen LogP contribution in [0.4, 0.5) is 11.5 Å². The second kappa shape index (κ2) is 7.44. The molecular formula is C23H29N5. The molecule has 28 heavy (non-hydrogen) atoms. The van der Waals surface area contributed by atoms with Gasteiger partial charge < -0.3 is 9.80 Å². The first-order valence-electron chi connectivity index (χ1n) is 10.2. The molecule has 146 valence electrons. The molecule has 0 atom stereocenters. The monoisotopic (exact) mass is 375 g/mol. The van der Waals surface area contributed by atoms with Crippen molar-refractivity contribution in [1.29, 1.82) is 0 Å². The minimum atomic E-state index is 0.631. The lowest BCUT2D eigenvalue weighted by molar-refractivity contribution is 0.311. The third-order valence-corrected chi connectivity index (χ3v) is 5.95. The molecule has 0 aliphatic carbocycles. The van der Waals surface area contributed by atoms with Gasteiger partial charge in [-0.05, 0) is 56.0 Å². The Morgan fingerprint density at radius 3 is 2.54 bits per heavy atom. The van der Waals surface area contributed by atoms with Crippen molar-refractivity contribution in [1.82, 2.24) is 14.3 Å². The molecule has 0 spiro atoms. The Bertz CT molecular complexity index is 1050. The molecule has 1 aromatic carbocycles. The standard InChI is InChI=1S/C23H29N5/c1-16(2)10-11-18-17(3)21(24-4)22-25-19-8-6-7-9-20(19)28(22)23(18)27-14-12-26(5)13-15-27/h6-9,16H,10-15H2,1-3,5H3. The summed E-state index contributed by atoms with van der Waals surface area (Å²) in [7, 11) is 2.19. The van der Waals surface area contributed by atoms with Gasteiger partial charge in [0, 0.05) is 26.2 Å². The molecule has 5 nitrogen and oxygen atoms in total. The van der Waals surface area contributed by atoms with Crippen molar-refractivity contribution in [2.24, 2.45) is 5.92 Å². The molecule has 0 amide bonds. The average Bonchev–Trinajstić information content (AvgIpc) is 3.05. The van der Waals surface area contributed by atoms with Crippen molar-refractivity contribution >= 4 is 28.2 Å². The Hall–Kier alpha value is -2.58. The maximum Gasteiger partial charge on any atom is 0.232 e. The number of likely N-dealkylation sites (N-methyl/N-ethyl adjacent to an activating group) is 1. The first kappa shape index (κ1) is 18.8. The van der Waals surface area contributed by atoms with E-state index in [0.717, 1.165) is 61.3 Å². The highest BCUT2D eigenvalue weighted by Crippen LogP contribution is 2.38. The molecule has 2 aromatic heterocycles. The molecule has 0 N–H and O–H groups in total. The van der Waals surface area contributed by atoms with Gasteiger partial charge in [-0.1, -0.05) is 26.0 Å². The summed E-state index contributed by atoms with van der Waals surface area (Å²) in [5, 5.41) is 0. The zero-order chi connectivity index (χ0) is 19.8. The fourth-order valence-electron chi connectivity index (χ4n) is 4.23. The molecule has 1 fully saturated rings. The number of imidazole rings is 1. The van der Waals surface area contributed by atoms with Gasteiger partial charge in [0.15, 0.2) is 0 Å². The Morgan fingerprint density at radius 1 is 1.14 bits per heavy atom. The summed E-state index contributed by atoms with van der Waals surface area (Å²) in [4.78, 5) is 13.7. The highest BCUT2D eigenvalue weighted by molar-refractivity contribution is 5.90. The van der Waals surface area contributed by atoms with Gasteiger partial charge in [-0.25, -0.2) is 9.83 Å². The van der Waals surface area contributed by atoms with Crippen LogP contribution in [0.2, 0.25) is 0 Å². The SMILES string of the molecule is [C-]#[N+]c1c(C)c(CCC(C)C)c(N2CCN(C)CC2)n2c1nc1ccccc12. The summed E-state index contributed by atoms with van der Waals surface area (Å²) in [5.41, 5.74) is 5.99. The maximum atomic E-state index is 7.85. The van der Waals surface area contributed by atoms with E-state index in [9.17, 15) is 0 Å². The molecule has 3 heterocycles. The molecule has 3 aromatic rings. The normalized spacial score (nSPS) is 15.6. The molecule has 4 rings (SSSR count). The smallest absolute Gasteiger partial charge is 0.232 e. The number of aromatic nitrogens is 2. The van der Waals surface area contributed by atoms with E-state index < -0.39 is 0 Å². The van der Waals surface area contributed by atoms with Crippen molar-refractivity contribution in [2.75, 3.05) is 38.1 Å². The first-order chi connectivity index (χ1) is 13.5. The molecule has 5 heteroatoms. The number of para-hydroxylation sites is 2. The lowest BCUT2D eigenvalue weighted by atomic mass is 9.98. The van der Waals surface area contributed by atoms with Crippen molar-refractivity contribution in [3.8, 4) is 0 Å². The van der Waals surface area contributed by atoms with Gasteiger partial charge in [-0.3, -0.25) is 4.40 Å². The summed E-state index contributed by atoms with van der Waals surface area (Å²) in [6, 6.07) is 8.26. The van der Waals surface area contributed by atoms with Crippen molar-refractivity contribution in [2.45, 2.75) is 33.6 Å². The Morgan fingerprint density at radius 2 is 1.86 bits per heavy atom. The van der Waals surface area contributed by atoms with Crippen molar-refractivity contribution in [3.05, 3.63) is 46.8 Å². The van der Waals surface area contributed by atoms with E-state index in [2.05, 4.69) is 59.0 Å². The third kappa shape index (κ3) is 3.12. The predicted molar refractivity (Wildman–Crippen MR) is 117 cm³/mol. The minimum absolute atomic E-state index is 0.631. The molecular weight excluding hydrogens is 346 g/mol. The van der Waals surface area contributed by atoms with E-state index in [1.54, 1.807) is 0 Å². The summed E-state index contributed by atoms with van der Waals surface area (Å²) >= 11 is 0. The molecule has 0 bridgehead atoms. The molecule has 0 saturated carbocycles. The van der Waals surface area contributed by atoms with Crippen molar-refractivity contribution in [3.63, 3.8) is 0 Å². The van der Waals surface area contributed by atoms with Gasteiger partial charge >= 0.3 is 0 Å². The van der Waals surface area contributed by atoms with Crippen LogP contribution >= 0.6 is 0 Å². The number of rotatable bonds is 4. The zero-order valence-electron chi connectivity index (χ0n) is 17.4. The number of piperazine rings is 1. The number of hydrogen-bond acceptors (Lipinski definition) is 3. The summed E-state index contributed by atoms with van der Waals surface area (Å²) in [5.74, 6) is 1.88. The van der Waals surface area contributed by atoms with Crippen LogP contribution in [0, 0.1) is 19.4 Å². The number of fused-ring (bicyclic) bond motifs is 3. The molecule has 1 aliphatic rings. The zero-order valence-corrected chi connectivity index (χ0v) is 17.4. The van der Waals surface area contributed by atoms with Crippen LogP contribution in [0.1, 0.15) is 31.4 Å². The number of anilines is 1. The summed E-state index contributed by atoms with van der Waals surface area (Å²) < 4.78 is 2.26. The minimum Gasteiger partial charge on any atom is -0.355 e. The van der Waals surface area contributed by atoms with Crippen LogP contribution in [0.5, 0.6) is 0 Å². The Kier molecular flexibility index (Phi) is 4.99. The second-order valence-electron chi connectivity index (χ2n) is 8.37. The van der Waals surface area contributed by atoms with E-state index in [1.807, 2.05) is 12.1 Å². The average molecular weight is 376 g/mol. The van der Waals surface area contributed by atoms with Crippen LogP contribution in [0.25, 0.3) is 21.5 Å². The Balaban J connectivity index is 2.03. The highest BCUT2D eigenvalue weighted by Gasteiger charge is 2.26. The van der Waals surface area contributed by atoms with Gasteiger partial charge in [-0.15, -0.1) is 0 Å². The fraction of sp³-hybridized carbons (Fsp3) is 0.478. The summed E-state index contributed by atoms with van der Waals surface area (Å²) in [6.45, 7) is 18.6. The van der Waals surface area contributed by atoms with Crippen LogP contribution in [0.3, 0.4) is 0 Å². The molecule has 0 radical (unpaired) electrons. The lowest BCUT2D eigenvalue weighted by Crippen LogP contribution is -2.45. The largest absolute Gasteiger partial charge is 0.355 e. The number of pyridine rings is 1. The number of hydrogen-bond donors (Lipinski definition) is 0. The van der Waals surface area contributed by atoms with E-state index >= 15 is 0 Å². The van der Waals surface area contributed by atoms with Crippen LogP contribution < -0.4 is 4.90 Å². The maximum absolute atomic E-state index is 7.85. The van der Waals surface area contributed by atoms with E-state index in [4.69, 9.17) is 11.6 Å². The molecule has 1 saturated heterocycles. The predicted octanol–water partition coefficient (Wildman–Crippen LogP) is 4.69. The van der Waals surface area contributed by atoms with E-state index in [1.165, 1.54) is 11.4 Å². The van der Waals surface area contributed by atoms with Crippen molar-refractivity contribution < 1.29 is 0 Å². The third-order valence-electron chi connectivity index (χ3n) is 5.95. The van der Waals surface area contributed by atoms with Crippen LogP contribution in [-0.4, -0.2) is 47.5 Å². The second-order valence-corrected chi connectivity index (χ2v) is 8.37. The molecule has 1 aliphatic heterocycles. The number of benzene rings is 1. The van der Waals surface area contributed by atoms with E-state index in [0.29, 0.717) is 11.6 Å². The lowest BCUT2D eigenvalue weighted by Gasteiger charge is -2.36. The van der Waals surface area contributed by atoms with Gasteiger partial charge in [0.2, 0.25) is 5.69 Å². The van der Waals surface area contributed by atoms with Gasteiger partial charge in [0.25, 0.3) is 0 Å². The quantitative estimate of drug-likeness (QED) is 0.620. The van der Waals surface area contributed by atoms with Gasteiger partial charge in [0.1, 0.15) is 11.5 Å². The highest BCUT2D eigenvalue weighted by atomic mass is 15.3.